The second-order valence-electron chi connectivity index (χ2n) is 9.20. The summed E-state index contributed by atoms with van der Waals surface area (Å²) in [5.41, 5.74) is 1.35. The van der Waals surface area contributed by atoms with Crippen molar-refractivity contribution in [1.29, 1.82) is 0 Å². The number of anilines is 1. The summed E-state index contributed by atoms with van der Waals surface area (Å²) < 4.78 is 0. The largest absolute Gasteiger partial charge is 0.353 e. The van der Waals surface area contributed by atoms with Gasteiger partial charge in [0.05, 0.1) is 5.92 Å². The van der Waals surface area contributed by atoms with E-state index in [1.807, 2.05) is 30.5 Å². The fourth-order valence-electron chi connectivity index (χ4n) is 4.57. The summed E-state index contributed by atoms with van der Waals surface area (Å²) in [5, 5.41) is 0. The Hall–Kier alpha value is -2.40. The zero-order valence-electron chi connectivity index (χ0n) is 17.8. The van der Waals surface area contributed by atoms with Crippen LogP contribution in [-0.2, 0) is 4.79 Å². The number of hydrogen-bond donors (Lipinski definition) is 0. The first-order valence-electron chi connectivity index (χ1n) is 10.7. The molecule has 1 amide bonds. The van der Waals surface area contributed by atoms with E-state index in [4.69, 9.17) is 0 Å². The summed E-state index contributed by atoms with van der Waals surface area (Å²) >= 11 is 0. The van der Waals surface area contributed by atoms with Crippen LogP contribution in [0.1, 0.15) is 32.3 Å². The van der Waals surface area contributed by atoms with Crippen LogP contribution < -0.4 is 4.90 Å². The molecule has 2 saturated heterocycles. The molecular formula is C24H32N4O. The third-order valence-electron chi connectivity index (χ3n) is 6.38. The number of carbonyl (C=O) groups is 1. The quantitative estimate of drug-likeness (QED) is 0.804. The molecule has 2 aromatic rings. The van der Waals surface area contributed by atoms with Crippen molar-refractivity contribution in [3.05, 3.63) is 60.3 Å². The van der Waals surface area contributed by atoms with Crippen LogP contribution in [0.15, 0.2) is 54.7 Å². The summed E-state index contributed by atoms with van der Waals surface area (Å²) in [4.78, 5) is 24.8. The van der Waals surface area contributed by atoms with E-state index in [0.29, 0.717) is 5.91 Å². The maximum Gasteiger partial charge on any atom is 0.227 e. The average Bonchev–Trinajstić information content (AvgIpc) is 3.21. The van der Waals surface area contributed by atoms with Gasteiger partial charge in [0.1, 0.15) is 5.82 Å². The van der Waals surface area contributed by atoms with Gasteiger partial charge in [0.25, 0.3) is 0 Å². The topological polar surface area (TPSA) is 39.7 Å². The first-order chi connectivity index (χ1) is 13.9. The number of pyridine rings is 1. The maximum atomic E-state index is 13.6. The molecule has 0 saturated carbocycles. The Morgan fingerprint density at radius 3 is 2.24 bits per heavy atom. The molecule has 0 unspecified atom stereocenters. The minimum Gasteiger partial charge on any atom is -0.353 e. The van der Waals surface area contributed by atoms with Crippen molar-refractivity contribution in [2.45, 2.75) is 32.2 Å². The lowest BCUT2D eigenvalue weighted by atomic mass is 9.88. The van der Waals surface area contributed by atoms with Gasteiger partial charge in [-0.15, -0.1) is 0 Å². The lowest BCUT2D eigenvalue weighted by molar-refractivity contribution is -0.136. The van der Waals surface area contributed by atoms with E-state index in [1.54, 1.807) is 0 Å². The summed E-state index contributed by atoms with van der Waals surface area (Å²) in [6.45, 7) is 11.7. The zero-order chi connectivity index (χ0) is 20.4. The molecular weight excluding hydrogens is 360 g/mol. The van der Waals surface area contributed by atoms with Crippen molar-refractivity contribution >= 4 is 11.7 Å². The van der Waals surface area contributed by atoms with Crippen LogP contribution in [0.4, 0.5) is 5.82 Å². The Balaban J connectivity index is 1.47. The first kappa shape index (κ1) is 19.9. The Kier molecular flexibility index (Phi) is 5.59. The standard InChI is InChI=1S/C24H32N4O/c1-24(2,3)28-17-20(19-9-5-4-6-10-19)21(18-28)23(29)27-15-13-26(14-16-27)22-11-7-8-12-25-22/h4-12,20-21H,13-18H2,1-3H3/t20-,21+/m1/s1. The molecule has 0 N–H and O–H groups in total. The Morgan fingerprint density at radius 1 is 0.931 bits per heavy atom. The Morgan fingerprint density at radius 2 is 1.62 bits per heavy atom. The summed E-state index contributed by atoms with van der Waals surface area (Å²) in [7, 11) is 0. The number of likely N-dealkylation sites (tertiary alicyclic amines) is 1. The lowest BCUT2D eigenvalue weighted by Crippen LogP contribution is -2.51. The predicted molar refractivity (Wildman–Crippen MR) is 117 cm³/mol. The number of nitrogens with zero attached hydrogens (tertiary/aromatic N) is 4. The van der Waals surface area contributed by atoms with Crippen molar-refractivity contribution in [1.82, 2.24) is 14.8 Å². The van der Waals surface area contributed by atoms with Gasteiger partial charge in [-0.3, -0.25) is 9.69 Å². The normalized spacial score (nSPS) is 23.4. The third kappa shape index (κ3) is 4.30. The highest BCUT2D eigenvalue weighted by Crippen LogP contribution is 2.37. The van der Waals surface area contributed by atoms with E-state index in [1.165, 1.54) is 5.56 Å². The molecule has 0 radical (unpaired) electrons. The molecule has 4 rings (SSSR count). The van der Waals surface area contributed by atoms with Gasteiger partial charge < -0.3 is 9.80 Å². The van der Waals surface area contributed by atoms with Gasteiger partial charge >= 0.3 is 0 Å². The fourth-order valence-corrected chi connectivity index (χ4v) is 4.57. The number of hydrogen-bond acceptors (Lipinski definition) is 4. The molecule has 2 fully saturated rings. The van der Waals surface area contributed by atoms with E-state index in [2.05, 4.69) is 64.7 Å². The molecule has 2 aliphatic rings. The maximum absolute atomic E-state index is 13.6. The Bertz CT molecular complexity index is 810. The molecule has 0 aliphatic carbocycles. The molecule has 2 aliphatic heterocycles. The predicted octanol–water partition coefficient (Wildman–Crippen LogP) is 3.24. The molecule has 0 spiro atoms. The monoisotopic (exact) mass is 392 g/mol. The number of piperazine rings is 1. The van der Waals surface area contributed by atoms with Gasteiger partial charge in [0, 0.05) is 56.9 Å². The number of aromatic nitrogens is 1. The summed E-state index contributed by atoms with van der Waals surface area (Å²) in [6, 6.07) is 16.6. The highest BCUT2D eigenvalue weighted by molar-refractivity contribution is 5.81. The minimum absolute atomic E-state index is 0.0259. The minimum atomic E-state index is 0.0259. The van der Waals surface area contributed by atoms with Crippen LogP contribution in [0.25, 0.3) is 0 Å². The first-order valence-corrected chi connectivity index (χ1v) is 10.7. The van der Waals surface area contributed by atoms with Gasteiger partial charge in [0.15, 0.2) is 0 Å². The van der Waals surface area contributed by atoms with Crippen LogP contribution in [0.2, 0.25) is 0 Å². The van der Waals surface area contributed by atoms with Crippen LogP contribution in [-0.4, -0.2) is 65.5 Å². The molecule has 0 bridgehead atoms. The van der Waals surface area contributed by atoms with Gasteiger partial charge in [-0.25, -0.2) is 4.98 Å². The smallest absolute Gasteiger partial charge is 0.227 e. The second kappa shape index (κ2) is 8.15. The molecule has 1 aromatic carbocycles. The highest BCUT2D eigenvalue weighted by Gasteiger charge is 2.43. The third-order valence-corrected chi connectivity index (χ3v) is 6.38. The average molecular weight is 393 g/mol. The van der Waals surface area contributed by atoms with Crippen molar-refractivity contribution < 1.29 is 4.79 Å². The number of amides is 1. The number of carbonyl (C=O) groups excluding carboxylic acids is 1. The van der Waals surface area contributed by atoms with Gasteiger partial charge in [0.2, 0.25) is 5.91 Å². The molecule has 2 atom stereocenters. The van der Waals surface area contributed by atoms with Gasteiger partial charge in [-0.1, -0.05) is 36.4 Å². The molecule has 29 heavy (non-hydrogen) atoms. The van der Waals surface area contributed by atoms with Crippen molar-refractivity contribution in [2.75, 3.05) is 44.2 Å². The van der Waals surface area contributed by atoms with Crippen LogP contribution >= 0.6 is 0 Å². The van der Waals surface area contributed by atoms with E-state index >= 15 is 0 Å². The van der Waals surface area contributed by atoms with E-state index in [-0.39, 0.29) is 17.4 Å². The van der Waals surface area contributed by atoms with Crippen LogP contribution in [0.5, 0.6) is 0 Å². The Labute approximate surface area is 174 Å². The number of rotatable bonds is 3. The molecule has 1 aromatic heterocycles. The fraction of sp³-hybridized carbons (Fsp3) is 0.500. The van der Waals surface area contributed by atoms with Crippen molar-refractivity contribution in [2.24, 2.45) is 5.92 Å². The molecule has 3 heterocycles. The van der Waals surface area contributed by atoms with E-state index < -0.39 is 0 Å². The van der Waals surface area contributed by atoms with Crippen molar-refractivity contribution in [3.63, 3.8) is 0 Å². The zero-order valence-corrected chi connectivity index (χ0v) is 17.8. The molecule has 5 nitrogen and oxygen atoms in total. The van der Waals surface area contributed by atoms with Gasteiger partial charge in [-0.05, 0) is 38.5 Å². The highest BCUT2D eigenvalue weighted by atomic mass is 16.2. The van der Waals surface area contributed by atoms with Crippen LogP contribution in [0, 0.1) is 5.92 Å². The van der Waals surface area contributed by atoms with E-state index in [0.717, 1.165) is 45.1 Å². The van der Waals surface area contributed by atoms with Crippen LogP contribution in [0.3, 0.4) is 0 Å². The summed E-state index contributed by atoms with van der Waals surface area (Å²) in [6.07, 6.45) is 1.83. The molecule has 5 heteroatoms. The van der Waals surface area contributed by atoms with E-state index in [9.17, 15) is 4.79 Å². The second-order valence-corrected chi connectivity index (χ2v) is 9.20. The summed E-state index contributed by atoms with van der Waals surface area (Å²) in [5.74, 6) is 1.60. The van der Waals surface area contributed by atoms with Crippen molar-refractivity contribution in [3.8, 4) is 0 Å². The SMILES string of the molecule is CC(C)(C)N1C[C@H](C(=O)N2CCN(c3ccccn3)CC2)[C@@H](c2ccccc2)C1. The molecule has 154 valence electrons. The lowest BCUT2D eigenvalue weighted by Gasteiger charge is -2.37. The van der Waals surface area contributed by atoms with Gasteiger partial charge in [-0.2, -0.15) is 0 Å². The number of benzene rings is 1.